The van der Waals surface area contributed by atoms with Crippen LogP contribution >= 0.6 is 0 Å². The van der Waals surface area contributed by atoms with Crippen molar-refractivity contribution in [3.63, 3.8) is 0 Å². The first-order valence-corrected chi connectivity index (χ1v) is 7.82. The lowest BCUT2D eigenvalue weighted by Crippen LogP contribution is -2.46. The van der Waals surface area contributed by atoms with Crippen molar-refractivity contribution in [2.45, 2.75) is 45.3 Å². The van der Waals surface area contributed by atoms with Gasteiger partial charge in [0.25, 0.3) is 0 Å². The number of benzene rings is 1. The van der Waals surface area contributed by atoms with Crippen LogP contribution in [0.4, 0.5) is 10.5 Å². The summed E-state index contributed by atoms with van der Waals surface area (Å²) in [6.45, 7) is 6.75. The highest BCUT2D eigenvalue weighted by Crippen LogP contribution is 2.22. The van der Waals surface area contributed by atoms with Crippen LogP contribution in [0.15, 0.2) is 24.3 Å². The normalized spacial score (nSPS) is 18.2. The molecule has 126 valence electrons. The summed E-state index contributed by atoms with van der Waals surface area (Å²) >= 11 is 0. The van der Waals surface area contributed by atoms with Crippen molar-refractivity contribution in [3.8, 4) is 5.75 Å². The van der Waals surface area contributed by atoms with Crippen LogP contribution in [-0.2, 0) is 9.53 Å². The van der Waals surface area contributed by atoms with Gasteiger partial charge in [0.05, 0.1) is 6.54 Å². The Labute approximate surface area is 136 Å². The molecule has 2 rings (SSSR count). The summed E-state index contributed by atoms with van der Waals surface area (Å²) in [6, 6.07) is 7.20. The number of carbonyl (C=O) groups is 2. The average Bonchev–Trinajstić information content (AvgIpc) is 2.46. The van der Waals surface area contributed by atoms with Crippen molar-refractivity contribution in [2.24, 2.45) is 0 Å². The Balaban J connectivity index is 1.94. The van der Waals surface area contributed by atoms with E-state index in [1.807, 2.05) is 32.9 Å². The highest BCUT2D eigenvalue weighted by Gasteiger charge is 2.28. The molecule has 1 unspecified atom stereocenters. The number of likely N-dealkylation sites (tertiary alicyclic amines) is 1. The fourth-order valence-corrected chi connectivity index (χ4v) is 2.45. The van der Waals surface area contributed by atoms with E-state index >= 15 is 0 Å². The molecule has 0 radical (unpaired) electrons. The molecule has 6 heteroatoms. The second-order valence-electron chi connectivity index (χ2n) is 6.60. The van der Waals surface area contributed by atoms with E-state index in [2.05, 4.69) is 5.32 Å². The molecule has 1 aromatic carbocycles. The maximum atomic E-state index is 12.2. The Hall–Kier alpha value is -2.24. The molecule has 0 saturated carbocycles. The van der Waals surface area contributed by atoms with E-state index in [0.29, 0.717) is 30.9 Å². The molecule has 1 atom stereocenters. The van der Waals surface area contributed by atoms with Crippen LogP contribution in [0, 0.1) is 0 Å². The van der Waals surface area contributed by atoms with Crippen molar-refractivity contribution in [2.75, 3.05) is 18.4 Å². The Morgan fingerprint density at radius 3 is 2.87 bits per heavy atom. The van der Waals surface area contributed by atoms with Gasteiger partial charge in [-0.25, -0.2) is 4.79 Å². The summed E-state index contributed by atoms with van der Waals surface area (Å²) in [5.74, 6) is 0.674. The second-order valence-corrected chi connectivity index (χ2v) is 6.60. The first-order chi connectivity index (χ1) is 10.9. The van der Waals surface area contributed by atoms with E-state index < -0.39 is 5.60 Å². The molecule has 1 aliphatic heterocycles. The molecular weight excluding hydrogens is 296 g/mol. The van der Waals surface area contributed by atoms with Crippen molar-refractivity contribution >= 4 is 18.2 Å². The monoisotopic (exact) mass is 320 g/mol. The Morgan fingerprint density at radius 1 is 1.39 bits per heavy atom. The van der Waals surface area contributed by atoms with E-state index in [0.717, 1.165) is 12.8 Å². The molecule has 1 N–H and O–H groups in total. The van der Waals surface area contributed by atoms with Crippen molar-refractivity contribution in [3.05, 3.63) is 24.3 Å². The van der Waals surface area contributed by atoms with Crippen molar-refractivity contribution in [1.82, 2.24) is 4.90 Å². The zero-order chi connectivity index (χ0) is 16.9. The third-order valence-electron chi connectivity index (χ3n) is 3.39. The number of anilines is 1. The van der Waals surface area contributed by atoms with Crippen LogP contribution in [-0.4, -0.2) is 42.2 Å². The smallest absolute Gasteiger partial charge is 0.410 e. The van der Waals surface area contributed by atoms with Crippen LogP contribution in [0.1, 0.15) is 33.6 Å². The van der Waals surface area contributed by atoms with E-state index in [1.54, 1.807) is 17.0 Å². The van der Waals surface area contributed by atoms with Gasteiger partial charge in [0.15, 0.2) is 0 Å². The zero-order valence-corrected chi connectivity index (χ0v) is 13.9. The summed E-state index contributed by atoms with van der Waals surface area (Å²) in [4.78, 5) is 24.3. The van der Waals surface area contributed by atoms with E-state index in [4.69, 9.17) is 9.47 Å². The SMILES string of the molecule is CC(C)(C)OC(=O)N1CCCC(Oc2cccc(NC=O)c2)C1. The molecule has 0 spiro atoms. The zero-order valence-electron chi connectivity index (χ0n) is 13.9. The molecule has 2 amide bonds. The molecule has 6 nitrogen and oxygen atoms in total. The Morgan fingerprint density at radius 2 is 2.17 bits per heavy atom. The molecule has 1 aliphatic rings. The minimum absolute atomic E-state index is 0.0808. The third-order valence-corrected chi connectivity index (χ3v) is 3.39. The molecule has 0 aromatic heterocycles. The minimum atomic E-state index is -0.500. The second kappa shape index (κ2) is 7.35. The Bertz CT molecular complexity index is 554. The lowest BCUT2D eigenvalue weighted by atomic mass is 10.1. The van der Waals surface area contributed by atoms with E-state index in [9.17, 15) is 9.59 Å². The van der Waals surface area contributed by atoms with E-state index in [1.165, 1.54) is 0 Å². The first kappa shape index (κ1) is 17.1. The quantitative estimate of drug-likeness (QED) is 0.866. The predicted octanol–water partition coefficient (Wildman–Crippen LogP) is 3.03. The fourth-order valence-electron chi connectivity index (χ4n) is 2.45. The Kier molecular flexibility index (Phi) is 5.47. The van der Waals surface area contributed by atoms with E-state index in [-0.39, 0.29) is 12.2 Å². The number of nitrogens with one attached hydrogen (secondary N) is 1. The average molecular weight is 320 g/mol. The van der Waals surface area contributed by atoms with Crippen LogP contribution in [0.5, 0.6) is 5.75 Å². The molecule has 23 heavy (non-hydrogen) atoms. The highest BCUT2D eigenvalue weighted by molar-refractivity contribution is 5.71. The van der Waals surface area contributed by atoms with Crippen LogP contribution in [0.3, 0.4) is 0 Å². The largest absolute Gasteiger partial charge is 0.489 e. The fraction of sp³-hybridized carbons (Fsp3) is 0.529. The number of nitrogens with zero attached hydrogens (tertiary/aromatic N) is 1. The van der Waals surface area contributed by atoms with Crippen LogP contribution < -0.4 is 10.1 Å². The number of piperidine rings is 1. The number of carbonyl (C=O) groups excluding carboxylic acids is 2. The van der Waals surface area contributed by atoms with Gasteiger partial charge in [-0.05, 0) is 45.7 Å². The minimum Gasteiger partial charge on any atom is -0.489 e. The topological polar surface area (TPSA) is 67.9 Å². The summed E-state index contributed by atoms with van der Waals surface area (Å²) in [5.41, 5.74) is 0.178. The standard InChI is InChI=1S/C17H24N2O4/c1-17(2,3)23-16(21)19-9-5-8-15(11-19)22-14-7-4-6-13(10-14)18-12-20/h4,6-7,10,12,15H,5,8-9,11H2,1-3H3,(H,18,20). The number of ether oxygens (including phenoxy) is 2. The number of amides is 2. The number of hydrogen-bond donors (Lipinski definition) is 1. The third kappa shape index (κ3) is 5.47. The highest BCUT2D eigenvalue weighted by atomic mass is 16.6. The van der Waals surface area contributed by atoms with Gasteiger partial charge in [0.1, 0.15) is 17.5 Å². The molecule has 1 fully saturated rings. The summed E-state index contributed by atoms with van der Waals surface area (Å²) in [6.07, 6.45) is 2.00. The summed E-state index contributed by atoms with van der Waals surface area (Å²) in [5, 5.41) is 2.59. The maximum absolute atomic E-state index is 12.2. The number of rotatable bonds is 4. The van der Waals surface area contributed by atoms with Gasteiger partial charge in [0.2, 0.25) is 6.41 Å². The summed E-state index contributed by atoms with van der Waals surface area (Å²) in [7, 11) is 0. The van der Waals surface area contributed by atoms with Gasteiger partial charge >= 0.3 is 6.09 Å². The van der Waals surface area contributed by atoms with Crippen molar-refractivity contribution < 1.29 is 19.1 Å². The first-order valence-electron chi connectivity index (χ1n) is 7.82. The van der Waals surface area contributed by atoms with Gasteiger partial charge in [-0.15, -0.1) is 0 Å². The van der Waals surface area contributed by atoms with Crippen LogP contribution in [0.2, 0.25) is 0 Å². The molecule has 0 bridgehead atoms. The molecule has 1 saturated heterocycles. The summed E-state index contributed by atoms with van der Waals surface area (Å²) < 4.78 is 11.4. The number of hydrogen-bond acceptors (Lipinski definition) is 4. The van der Waals surface area contributed by atoms with Crippen molar-refractivity contribution in [1.29, 1.82) is 0 Å². The molecule has 1 aromatic rings. The van der Waals surface area contributed by atoms with Gasteiger partial charge in [-0.1, -0.05) is 6.07 Å². The molecule has 0 aliphatic carbocycles. The lowest BCUT2D eigenvalue weighted by Gasteiger charge is -2.34. The van der Waals surface area contributed by atoms with Gasteiger partial charge < -0.3 is 19.7 Å². The molecule has 1 heterocycles. The van der Waals surface area contributed by atoms with Gasteiger partial charge in [0, 0.05) is 18.3 Å². The molecular formula is C17H24N2O4. The van der Waals surface area contributed by atoms with Gasteiger partial charge in [-0.2, -0.15) is 0 Å². The lowest BCUT2D eigenvalue weighted by molar-refractivity contribution is -0.105. The van der Waals surface area contributed by atoms with Crippen LogP contribution in [0.25, 0.3) is 0 Å². The maximum Gasteiger partial charge on any atom is 0.410 e. The van der Waals surface area contributed by atoms with Gasteiger partial charge in [-0.3, -0.25) is 4.79 Å². The predicted molar refractivity (Wildman–Crippen MR) is 87.6 cm³/mol.